The standard InChI is InChI=1S/C15H25N3O/c1-11(2)8-9-18(3)14-7-6-13(16)15(17-14)19-10-12-4-5-12/h6-7,11-12H,4-5,8-10,16H2,1-3H3. The van der Waals surface area contributed by atoms with Gasteiger partial charge in [-0.1, -0.05) is 13.8 Å². The summed E-state index contributed by atoms with van der Waals surface area (Å²) in [7, 11) is 2.06. The Balaban J connectivity index is 1.97. The molecule has 1 aromatic rings. The number of nitrogen functional groups attached to an aromatic ring is 1. The Kier molecular flexibility index (Phi) is 4.51. The first-order valence-electron chi connectivity index (χ1n) is 7.16. The predicted molar refractivity (Wildman–Crippen MR) is 79.6 cm³/mol. The number of aromatic nitrogens is 1. The molecule has 1 saturated carbocycles. The van der Waals surface area contributed by atoms with Gasteiger partial charge in [0.2, 0.25) is 5.88 Å². The molecule has 0 unspecified atom stereocenters. The second kappa shape index (κ2) is 6.13. The number of nitrogens with two attached hydrogens (primary N) is 1. The Morgan fingerprint density at radius 1 is 1.42 bits per heavy atom. The summed E-state index contributed by atoms with van der Waals surface area (Å²) in [6.07, 6.45) is 3.70. The number of rotatable bonds is 7. The third-order valence-corrected chi connectivity index (χ3v) is 3.46. The van der Waals surface area contributed by atoms with Crippen molar-refractivity contribution in [3.63, 3.8) is 0 Å². The molecule has 106 valence electrons. The van der Waals surface area contributed by atoms with E-state index in [0.29, 0.717) is 23.4 Å². The van der Waals surface area contributed by atoms with Gasteiger partial charge in [0.25, 0.3) is 0 Å². The van der Waals surface area contributed by atoms with Gasteiger partial charge < -0.3 is 15.4 Å². The number of nitrogens with zero attached hydrogens (tertiary/aromatic N) is 2. The van der Waals surface area contributed by atoms with Crippen molar-refractivity contribution < 1.29 is 4.74 Å². The molecule has 0 saturated heterocycles. The largest absolute Gasteiger partial charge is 0.476 e. The molecule has 0 radical (unpaired) electrons. The van der Waals surface area contributed by atoms with E-state index in [-0.39, 0.29) is 0 Å². The van der Waals surface area contributed by atoms with E-state index in [0.717, 1.165) is 25.4 Å². The van der Waals surface area contributed by atoms with Gasteiger partial charge in [0.15, 0.2) is 0 Å². The van der Waals surface area contributed by atoms with Crippen LogP contribution in [-0.2, 0) is 0 Å². The van der Waals surface area contributed by atoms with Gasteiger partial charge in [0.1, 0.15) is 5.82 Å². The third kappa shape index (κ3) is 4.30. The summed E-state index contributed by atoms with van der Waals surface area (Å²) < 4.78 is 5.71. The fourth-order valence-electron chi connectivity index (χ4n) is 1.82. The molecule has 0 amide bonds. The molecule has 0 aromatic carbocycles. The SMILES string of the molecule is CC(C)CCN(C)c1ccc(N)c(OCC2CC2)n1. The fourth-order valence-corrected chi connectivity index (χ4v) is 1.82. The van der Waals surface area contributed by atoms with Crippen molar-refractivity contribution >= 4 is 11.5 Å². The summed E-state index contributed by atoms with van der Waals surface area (Å²) in [4.78, 5) is 6.68. The maximum absolute atomic E-state index is 5.91. The second-order valence-electron chi connectivity index (χ2n) is 5.92. The van der Waals surface area contributed by atoms with Crippen LogP contribution in [0.4, 0.5) is 11.5 Å². The molecular formula is C15H25N3O. The molecule has 2 rings (SSSR count). The number of hydrogen-bond donors (Lipinski definition) is 1. The van der Waals surface area contributed by atoms with E-state index in [1.807, 2.05) is 12.1 Å². The van der Waals surface area contributed by atoms with Crippen LogP contribution in [0, 0.1) is 11.8 Å². The molecule has 19 heavy (non-hydrogen) atoms. The molecule has 0 atom stereocenters. The summed E-state index contributed by atoms with van der Waals surface area (Å²) >= 11 is 0. The van der Waals surface area contributed by atoms with Crippen LogP contribution in [0.1, 0.15) is 33.1 Å². The predicted octanol–water partition coefficient (Wildman–Crippen LogP) is 2.93. The minimum absolute atomic E-state index is 0.584. The number of ether oxygens (including phenoxy) is 1. The Labute approximate surface area is 116 Å². The van der Waals surface area contributed by atoms with Gasteiger partial charge in [0, 0.05) is 13.6 Å². The lowest BCUT2D eigenvalue weighted by atomic mass is 10.1. The van der Waals surface area contributed by atoms with Crippen molar-refractivity contribution in [2.24, 2.45) is 11.8 Å². The maximum atomic E-state index is 5.91. The van der Waals surface area contributed by atoms with Gasteiger partial charge in [0.05, 0.1) is 12.3 Å². The zero-order valence-corrected chi connectivity index (χ0v) is 12.2. The van der Waals surface area contributed by atoms with Crippen molar-refractivity contribution in [3.05, 3.63) is 12.1 Å². The highest BCUT2D eigenvalue weighted by Gasteiger charge is 2.22. The average molecular weight is 263 g/mol. The first-order chi connectivity index (χ1) is 9.06. The molecule has 1 aromatic heterocycles. The lowest BCUT2D eigenvalue weighted by Crippen LogP contribution is -2.21. The van der Waals surface area contributed by atoms with Crippen LogP contribution in [0.5, 0.6) is 5.88 Å². The van der Waals surface area contributed by atoms with Gasteiger partial charge in [-0.3, -0.25) is 0 Å². The molecule has 4 heteroatoms. The maximum Gasteiger partial charge on any atom is 0.239 e. The number of hydrogen-bond acceptors (Lipinski definition) is 4. The monoisotopic (exact) mass is 263 g/mol. The van der Waals surface area contributed by atoms with E-state index < -0.39 is 0 Å². The molecule has 0 bridgehead atoms. The summed E-state index contributed by atoms with van der Waals surface area (Å²) in [5, 5.41) is 0. The third-order valence-electron chi connectivity index (χ3n) is 3.46. The number of anilines is 2. The van der Waals surface area contributed by atoms with Crippen LogP contribution in [0.3, 0.4) is 0 Å². The van der Waals surface area contributed by atoms with E-state index in [1.165, 1.54) is 12.8 Å². The lowest BCUT2D eigenvalue weighted by Gasteiger charge is -2.20. The smallest absolute Gasteiger partial charge is 0.239 e. The topological polar surface area (TPSA) is 51.4 Å². The number of pyridine rings is 1. The van der Waals surface area contributed by atoms with Crippen molar-refractivity contribution in [3.8, 4) is 5.88 Å². The summed E-state index contributed by atoms with van der Waals surface area (Å²) in [5.74, 6) is 2.92. The zero-order valence-electron chi connectivity index (χ0n) is 12.2. The fraction of sp³-hybridized carbons (Fsp3) is 0.667. The first-order valence-corrected chi connectivity index (χ1v) is 7.16. The Morgan fingerprint density at radius 2 is 2.16 bits per heavy atom. The van der Waals surface area contributed by atoms with Crippen LogP contribution in [0.2, 0.25) is 0 Å². The molecule has 1 fully saturated rings. The summed E-state index contributed by atoms with van der Waals surface area (Å²) in [6, 6.07) is 3.84. The molecule has 0 aliphatic heterocycles. The normalized spacial score (nSPS) is 14.7. The van der Waals surface area contributed by atoms with E-state index in [4.69, 9.17) is 10.5 Å². The summed E-state index contributed by atoms with van der Waals surface area (Å²) in [6.45, 7) is 6.20. The van der Waals surface area contributed by atoms with Crippen LogP contribution in [0.15, 0.2) is 12.1 Å². The van der Waals surface area contributed by atoms with E-state index in [2.05, 4.69) is 30.8 Å². The minimum atomic E-state index is 0.584. The molecule has 1 aliphatic rings. The first kappa shape index (κ1) is 14.0. The Morgan fingerprint density at radius 3 is 2.79 bits per heavy atom. The molecule has 1 aliphatic carbocycles. The molecule has 4 nitrogen and oxygen atoms in total. The molecular weight excluding hydrogens is 238 g/mol. The lowest BCUT2D eigenvalue weighted by molar-refractivity contribution is 0.290. The Bertz CT molecular complexity index is 416. The van der Waals surface area contributed by atoms with Crippen LogP contribution < -0.4 is 15.4 Å². The molecule has 0 spiro atoms. The van der Waals surface area contributed by atoms with Crippen molar-refractivity contribution in [2.45, 2.75) is 33.1 Å². The van der Waals surface area contributed by atoms with Gasteiger partial charge in [-0.05, 0) is 43.2 Å². The van der Waals surface area contributed by atoms with Gasteiger partial charge in [-0.25, -0.2) is 0 Å². The quantitative estimate of drug-likeness (QED) is 0.821. The highest BCUT2D eigenvalue weighted by Crippen LogP contribution is 2.31. The average Bonchev–Trinajstić information content (AvgIpc) is 3.19. The van der Waals surface area contributed by atoms with Crippen LogP contribution in [0.25, 0.3) is 0 Å². The van der Waals surface area contributed by atoms with Gasteiger partial charge in [-0.2, -0.15) is 4.98 Å². The molecule has 2 N–H and O–H groups in total. The van der Waals surface area contributed by atoms with E-state index >= 15 is 0 Å². The minimum Gasteiger partial charge on any atom is -0.476 e. The van der Waals surface area contributed by atoms with Crippen molar-refractivity contribution in [1.29, 1.82) is 0 Å². The van der Waals surface area contributed by atoms with E-state index in [9.17, 15) is 0 Å². The van der Waals surface area contributed by atoms with Crippen LogP contribution >= 0.6 is 0 Å². The molecule has 1 heterocycles. The zero-order chi connectivity index (χ0) is 13.8. The highest BCUT2D eigenvalue weighted by atomic mass is 16.5. The van der Waals surface area contributed by atoms with Crippen molar-refractivity contribution in [2.75, 3.05) is 30.8 Å². The van der Waals surface area contributed by atoms with Crippen molar-refractivity contribution in [1.82, 2.24) is 4.98 Å². The highest BCUT2D eigenvalue weighted by molar-refractivity contribution is 5.54. The second-order valence-corrected chi connectivity index (χ2v) is 5.92. The van der Waals surface area contributed by atoms with Crippen LogP contribution in [-0.4, -0.2) is 25.2 Å². The van der Waals surface area contributed by atoms with Gasteiger partial charge in [-0.15, -0.1) is 0 Å². The Hall–Kier alpha value is -1.45. The summed E-state index contributed by atoms with van der Waals surface area (Å²) in [5.41, 5.74) is 6.54. The van der Waals surface area contributed by atoms with Gasteiger partial charge >= 0.3 is 0 Å². The van der Waals surface area contributed by atoms with E-state index in [1.54, 1.807) is 0 Å².